The zero-order valence-corrected chi connectivity index (χ0v) is 12.8. The van der Waals surface area contributed by atoms with E-state index in [0.717, 1.165) is 31.0 Å². The summed E-state index contributed by atoms with van der Waals surface area (Å²) in [5.74, 6) is 1.72. The molecular formula is C18H23NO2. The molecule has 0 saturated heterocycles. The molecule has 0 bridgehead atoms. The van der Waals surface area contributed by atoms with Crippen molar-refractivity contribution in [2.45, 2.75) is 13.3 Å². The molecule has 0 saturated carbocycles. The van der Waals surface area contributed by atoms with Crippen LogP contribution in [-0.2, 0) is 6.42 Å². The summed E-state index contributed by atoms with van der Waals surface area (Å²) in [5, 5.41) is 3.40. The van der Waals surface area contributed by atoms with Crippen LogP contribution < -0.4 is 14.8 Å². The first-order valence-corrected chi connectivity index (χ1v) is 7.31. The topological polar surface area (TPSA) is 30.5 Å². The van der Waals surface area contributed by atoms with Gasteiger partial charge in [-0.25, -0.2) is 0 Å². The number of aryl methyl sites for hydroxylation is 1. The van der Waals surface area contributed by atoms with Gasteiger partial charge in [0.2, 0.25) is 0 Å². The molecule has 0 atom stereocenters. The quantitative estimate of drug-likeness (QED) is 0.755. The number of hydrogen-bond acceptors (Lipinski definition) is 3. The molecule has 2 rings (SSSR count). The van der Waals surface area contributed by atoms with Gasteiger partial charge in [0.1, 0.15) is 18.1 Å². The van der Waals surface area contributed by atoms with E-state index in [1.54, 1.807) is 7.11 Å². The Kier molecular flexibility index (Phi) is 6.10. The number of methoxy groups -OCH3 is 1. The van der Waals surface area contributed by atoms with E-state index in [0.29, 0.717) is 6.61 Å². The van der Waals surface area contributed by atoms with Crippen LogP contribution in [0.3, 0.4) is 0 Å². The van der Waals surface area contributed by atoms with Crippen molar-refractivity contribution in [1.29, 1.82) is 0 Å². The lowest BCUT2D eigenvalue weighted by Gasteiger charge is -2.09. The highest BCUT2D eigenvalue weighted by molar-refractivity contribution is 5.31. The van der Waals surface area contributed by atoms with Gasteiger partial charge in [0.05, 0.1) is 7.11 Å². The fourth-order valence-electron chi connectivity index (χ4n) is 2.15. The van der Waals surface area contributed by atoms with Crippen molar-refractivity contribution in [3.05, 3.63) is 59.7 Å². The van der Waals surface area contributed by atoms with E-state index < -0.39 is 0 Å². The average molecular weight is 285 g/mol. The van der Waals surface area contributed by atoms with Crippen LogP contribution in [0.2, 0.25) is 0 Å². The Balaban J connectivity index is 1.60. The summed E-state index contributed by atoms with van der Waals surface area (Å²) in [6.07, 6.45) is 1.05. The van der Waals surface area contributed by atoms with Crippen LogP contribution in [0, 0.1) is 6.92 Å². The summed E-state index contributed by atoms with van der Waals surface area (Å²) in [6, 6.07) is 16.2. The van der Waals surface area contributed by atoms with Crippen LogP contribution in [0.25, 0.3) is 0 Å². The smallest absolute Gasteiger partial charge is 0.119 e. The number of ether oxygens (including phenoxy) is 2. The van der Waals surface area contributed by atoms with Crippen molar-refractivity contribution in [2.75, 3.05) is 26.8 Å². The summed E-state index contributed by atoms with van der Waals surface area (Å²) < 4.78 is 10.8. The Bertz CT molecular complexity index is 537. The zero-order chi connectivity index (χ0) is 14.9. The van der Waals surface area contributed by atoms with E-state index in [9.17, 15) is 0 Å². The van der Waals surface area contributed by atoms with Gasteiger partial charge in [0, 0.05) is 6.54 Å². The first kappa shape index (κ1) is 15.4. The molecule has 0 aliphatic rings. The van der Waals surface area contributed by atoms with Crippen LogP contribution in [0.5, 0.6) is 11.5 Å². The van der Waals surface area contributed by atoms with Crippen molar-refractivity contribution >= 4 is 0 Å². The maximum atomic E-state index is 5.66. The van der Waals surface area contributed by atoms with Crippen LogP contribution >= 0.6 is 0 Å². The van der Waals surface area contributed by atoms with Gasteiger partial charge in [-0.2, -0.15) is 0 Å². The minimum Gasteiger partial charge on any atom is -0.497 e. The molecule has 0 amide bonds. The van der Waals surface area contributed by atoms with Crippen LogP contribution in [-0.4, -0.2) is 26.8 Å². The van der Waals surface area contributed by atoms with E-state index in [-0.39, 0.29) is 0 Å². The first-order valence-electron chi connectivity index (χ1n) is 7.31. The van der Waals surface area contributed by atoms with Crippen molar-refractivity contribution in [3.8, 4) is 11.5 Å². The Morgan fingerprint density at radius 1 is 0.905 bits per heavy atom. The van der Waals surface area contributed by atoms with Gasteiger partial charge in [-0.3, -0.25) is 0 Å². The molecule has 0 unspecified atom stereocenters. The van der Waals surface area contributed by atoms with Gasteiger partial charge >= 0.3 is 0 Å². The highest BCUT2D eigenvalue weighted by Crippen LogP contribution is 2.16. The van der Waals surface area contributed by atoms with Crippen molar-refractivity contribution in [2.24, 2.45) is 0 Å². The van der Waals surface area contributed by atoms with Crippen LogP contribution in [0.4, 0.5) is 0 Å². The molecule has 21 heavy (non-hydrogen) atoms. The van der Waals surface area contributed by atoms with Gasteiger partial charge < -0.3 is 14.8 Å². The molecule has 0 spiro atoms. The zero-order valence-electron chi connectivity index (χ0n) is 12.8. The molecular weight excluding hydrogens is 262 g/mol. The van der Waals surface area contributed by atoms with E-state index >= 15 is 0 Å². The molecule has 1 N–H and O–H groups in total. The first-order chi connectivity index (χ1) is 10.3. The summed E-state index contributed by atoms with van der Waals surface area (Å²) in [5.41, 5.74) is 2.76. The number of rotatable bonds is 8. The SMILES string of the molecule is COc1ccc(OCCNCCc2ccccc2C)cc1. The van der Waals surface area contributed by atoms with Gasteiger partial charge in [0.25, 0.3) is 0 Å². The van der Waals surface area contributed by atoms with Crippen LogP contribution in [0.1, 0.15) is 11.1 Å². The van der Waals surface area contributed by atoms with E-state index in [4.69, 9.17) is 9.47 Å². The molecule has 0 fully saturated rings. The summed E-state index contributed by atoms with van der Waals surface area (Å²) in [7, 11) is 1.66. The van der Waals surface area contributed by atoms with Gasteiger partial charge in [-0.05, 0) is 55.3 Å². The minimum absolute atomic E-state index is 0.667. The van der Waals surface area contributed by atoms with Crippen molar-refractivity contribution < 1.29 is 9.47 Å². The maximum absolute atomic E-state index is 5.66. The molecule has 2 aromatic rings. The standard InChI is InChI=1S/C18H23NO2/c1-15-5-3-4-6-16(15)11-12-19-13-14-21-18-9-7-17(20-2)8-10-18/h3-10,19H,11-14H2,1-2H3. The second-order valence-electron chi connectivity index (χ2n) is 4.95. The second kappa shape index (κ2) is 8.32. The molecule has 0 aromatic heterocycles. The van der Waals surface area contributed by atoms with Gasteiger partial charge in [-0.15, -0.1) is 0 Å². The Morgan fingerprint density at radius 3 is 2.33 bits per heavy atom. The monoisotopic (exact) mass is 285 g/mol. The number of hydrogen-bond donors (Lipinski definition) is 1. The predicted molar refractivity (Wildman–Crippen MR) is 86.2 cm³/mol. The Morgan fingerprint density at radius 2 is 1.62 bits per heavy atom. The molecule has 112 valence electrons. The highest BCUT2D eigenvalue weighted by Gasteiger charge is 1.97. The summed E-state index contributed by atoms with van der Waals surface area (Å²) >= 11 is 0. The maximum Gasteiger partial charge on any atom is 0.119 e. The second-order valence-corrected chi connectivity index (χ2v) is 4.95. The van der Waals surface area contributed by atoms with E-state index in [2.05, 4.69) is 36.5 Å². The molecule has 0 heterocycles. The molecule has 3 heteroatoms. The van der Waals surface area contributed by atoms with E-state index in [1.807, 2.05) is 24.3 Å². The molecule has 0 aliphatic heterocycles. The third-order valence-corrected chi connectivity index (χ3v) is 3.44. The summed E-state index contributed by atoms with van der Waals surface area (Å²) in [6.45, 7) is 4.64. The molecule has 0 aliphatic carbocycles. The Hall–Kier alpha value is -2.00. The largest absolute Gasteiger partial charge is 0.497 e. The van der Waals surface area contributed by atoms with Gasteiger partial charge in [-0.1, -0.05) is 24.3 Å². The molecule has 0 radical (unpaired) electrons. The van der Waals surface area contributed by atoms with Gasteiger partial charge in [0.15, 0.2) is 0 Å². The van der Waals surface area contributed by atoms with Crippen molar-refractivity contribution in [1.82, 2.24) is 5.32 Å². The molecule has 2 aromatic carbocycles. The Labute approximate surface area is 126 Å². The number of nitrogens with one attached hydrogen (secondary N) is 1. The highest BCUT2D eigenvalue weighted by atomic mass is 16.5. The van der Waals surface area contributed by atoms with Crippen molar-refractivity contribution in [3.63, 3.8) is 0 Å². The average Bonchev–Trinajstić information content (AvgIpc) is 2.53. The lowest BCUT2D eigenvalue weighted by atomic mass is 10.1. The van der Waals surface area contributed by atoms with Crippen LogP contribution in [0.15, 0.2) is 48.5 Å². The third-order valence-electron chi connectivity index (χ3n) is 3.44. The fourth-order valence-corrected chi connectivity index (χ4v) is 2.15. The predicted octanol–water partition coefficient (Wildman–Crippen LogP) is 3.21. The fraction of sp³-hybridized carbons (Fsp3) is 0.333. The minimum atomic E-state index is 0.667. The summed E-state index contributed by atoms with van der Waals surface area (Å²) in [4.78, 5) is 0. The third kappa shape index (κ3) is 5.12. The lowest BCUT2D eigenvalue weighted by Crippen LogP contribution is -2.23. The van der Waals surface area contributed by atoms with E-state index in [1.165, 1.54) is 11.1 Å². The molecule has 3 nitrogen and oxygen atoms in total. The number of benzene rings is 2. The normalized spacial score (nSPS) is 10.4. The lowest BCUT2D eigenvalue weighted by molar-refractivity contribution is 0.313.